The summed E-state index contributed by atoms with van der Waals surface area (Å²) in [5.41, 5.74) is 0.0155. The molecule has 1 fully saturated rings. The maximum atomic E-state index is 12.1. The Morgan fingerprint density at radius 3 is 2.28 bits per heavy atom. The Bertz CT molecular complexity index is 251. The molecule has 1 aliphatic rings. The molecule has 0 heterocycles. The first-order chi connectivity index (χ1) is 8.39. The second kappa shape index (κ2) is 6.24. The molecule has 0 aromatic carbocycles. The minimum Gasteiger partial charge on any atom is -0.377 e. The van der Waals surface area contributed by atoms with Crippen LogP contribution in [0.25, 0.3) is 0 Å². The normalized spacial score (nSPS) is 27.0. The van der Waals surface area contributed by atoms with Crippen LogP contribution in [0.2, 0.25) is 0 Å². The van der Waals surface area contributed by atoms with Crippen molar-refractivity contribution in [2.75, 3.05) is 13.2 Å². The van der Waals surface area contributed by atoms with Gasteiger partial charge in [0.15, 0.2) is 0 Å². The zero-order chi connectivity index (χ0) is 13.8. The molecule has 0 spiro atoms. The number of halogens is 3. The molecule has 2 nitrogen and oxygen atoms in total. The zero-order valence-electron chi connectivity index (χ0n) is 11.4. The maximum Gasteiger partial charge on any atom is 0.391 e. The topological polar surface area (TPSA) is 21.3 Å². The van der Waals surface area contributed by atoms with E-state index in [2.05, 4.69) is 19.2 Å². The SMILES string of the molecule is CCNC1CC(OCCC(F)(F)F)C1(CC)CC. The monoisotopic (exact) mass is 267 g/mol. The third kappa shape index (κ3) is 3.38. The highest BCUT2D eigenvalue weighted by Gasteiger charge is 2.53. The Morgan fingerprint density at radius 1 is 1.22 bits per heavy atom. The van der Waals surface area contributed by atoms with Crippen molar-refractivity contribution >= 4 is 0 Å². The lowest BCUT2D eigenvalue weighted by Crippen LogP contribution is -2.63. The third-order valence-corrected chi connectivity index (χ3v) is 4.26. The second-order valence-electron chi connectivity index (χ2n) is 5.01. The van der Waals surface area contributed by atoms with Crippen LogP contribution < -0.4 is 5.32 Å². The molecular formula is C13H24F3NO. The Labute approximate surface area is 107 Å². The molecule has 0 amide bonds. The molecule has 0 aromatic heterocycles. The predicted molar refractivity (Wildman–Crippen MR) is 65.5 cm³/mol. The smallest absolute Gasteiger partial charge is 0.377 e. The van der Waals surface area contributed by atoms with Crippen LogP contribution in [0, 0.1) is 5.41 Å². The van der Waals surface area contributed by atoms with Gasteiger partial charge in [-0.2, -0.15) is 13.2 Å². The summed E-state index contributed by atoms with van der Waals surface area (Å²) in [5, 5.41) is 3.41. The fraction of sp³-hybridized carbons (Fsp3) is 1.00. The van der Waals surface area contributed by atoms with Crippen molar-refractivity contribution in [2.24, 2.45) is 5.41 Å². The summed E-state index contributed by atoms with van der Waals surface area (Å²) in [4.78, 5) is 0. The highest BCUT2D eigenvalue weighted by molar-refractivity contribution is 5.06. The van der Waals surface area contributed by atoms with Crippen LogP contribution >= 0.6 is 0 Å². The second-order valence-corrected chi connectivity index (χ2v) is 5.01. The zero-order valence-corrected chi connectivity index (χ0v) is 11.4. The van der Waals surface area contributed by atoms with Gasteiger partial charge in [0.05, 0.1) is 19.1 Å². The summed E-state index contributed by atoms with van der Waals surface area (Å²) in [7, 11) is 0. The Morgan fingerprint density at radius 2 is 1.83 bits per heavy atom. The predicted octanol–water partition coefficient (Wildman–Crippen LogP) is 3.51. The summed E-state index contributed by atoms with van der Waals surface area (Å²) in [6.07, 6.45) is -2.28. The first-order valence-corrected chi connectivity index (χ1v) is 6.81. The molecule has 108 valence electrons. The van der Waals surface area contributed by atoms with E-state index in [1.807, 2.05) is 6.92 Å². The van der Waals surface area contributed by atoms with E-state index in [1.165, 1.54) is 0 Å². The largest absolute Gasteiger partial charge is 0.391 e. The summed E-state index contributed by atoms with van der Waals surface area (Å²) >= 11 is 0. The molecule has 1 saturated carbocycles. The summed E-state index contributed by atoms with van der Waals surface area (Å²) < 4.78 is 41.7. The summed E-state index contributed by atoms with van der Waals surface area (Å²) in [6.45, 7) is 6.91. The standard InChI is InChI=1S/C13H24F3NO/c1-4-12(5-2)10(17-6-3)9-11(12)18-8-7-13(14,15)16/h10-11,17H,4-9H2,1-3H3. The molecule has 2 unspecified atom stereocenters. The average molecular weight is 267 g/mol. The lowest BCUT2D eigenvalue weighted by molar-refractivity contribution is -0.178. The summed E-state index contributed by atoms with van der Waals surface area (Å²) in [5.74, 6) is 0. The number of hydrogen-bond acceptors (Lipinski definition) is 2. The molecule has 1 aliphatic carbocycles. The van der Waals surface area contributed by atoms with E-state index in [1.54, 1.807) is 0 Å². The van der Waals surface area contributed by atoms with Crippen LogP contribution in [0.3, 0.4) is 0 Å². The molecule has 2 atom stereocenters. The lowest BCUT2D eigenvalue weighted by Gasteiger charge is -2.55. The molecule has 5 heteroatoms. The van der Waals surface area contributed by atoms with Crippen molar-refractivity contribution < 1.29 is 17.9 Å². The van der Waals surface area contributed by atoms with Crippen molar-refractivity contribution in [3.05, 3.63) is 0 Å². The minimum atomic E-state index is -4.12. The molecular weight excluding hydrogens is 243 g/mol. The van der Waals surface area contributed by atoms with Gasteiger partial charge in [-0.3, -0.25) is 0 Å². The van der Waals surface area contributed by atoms with Gasteiger partial charge < -0.3 is 10.1 Å². The van der Waals surface area contributed by atoms with Crippen molar-refractivity contribution in [1.29, 1.82) is 0 Å². The Kier molecular flexibility index (Phi) is 5.46. The molecule has 18 heavy (non-hydrogen) atoms. The first-order valence-electron chi connectivity index (χ1n) is 6.81. The number of alkyl halides is 3. The van der Waals surface area contributed by atoms with Crippen molar-refractivity contribution in [1.82, 2.24) is 5.32 Å². The van der Waals surface area contributed by atoms with Crippen molar-refractivity contribution in [3.63, 3.8) is 0 Å². The summed E-state index contributed by atoms with van der Waals surface area (Å²) in [6, 6.07) is 0.383. The molecule has 0 saturated heterocycles. The van der Waals surface area contributed by atoms with E-state index in [4.69, 9.17) is 4.74 Å². The number of ether oxygens (including phenoxy) is 1. The van der Waals surface area contributed by atoms with Gasteiger partial charge in [-0.05, 0) is 25.8 Å². The van der Waals surface area contributed by atoms with Crippen molar-refractivity contribution in [2.45, 2.75) is 64.8 Å². The van der Waals surface area contributed by atoms with E-state index in [0.29, 0.717) is 6.04 Å². The minimum absolute atomic E-state index is 0.0155. The maximum absolute atomic E-state index is 12.1. The van der Waals surface area contributed by atoms with E-state index >= 15 is 0 Å². The van der Waals surface area contributed by atoms with Crippen LogP contribution in [0.4, 0.5) is 13.2 Å². The van der Waals surface area contributed by atoms with E-state index in [0.717, 1.165) is 25.8 Å². The van der Waals surface area contributed by atoms with Gasteiger partial charge in [-0.15, -0.1) is 0 Å². The van der Waals surface area contributed by atoms with Crippen LogP contribution in [-0.4, -0.2) is 31.5 Å². The van der Waals surface area contributed by atoms with E-state index in [9.17, 15) is 13.2 Å². The molecule has 0 aliphatic heterocycles. The Hall–Kier alpha value is -0.290. The number of rotatable bonds is 7. The van der Waals surface area contributed by atoms with Crippen molar-refractivity contribution in [3.8, 4) is 0 Å². The van der Waals surface area contributed by atoms with Gasteiger partial charge in [0.25, 0.3) is 0 Å². The van der Waals surface area contributed by atoms with E-state index in [-0.39, 0.29) is 18.1 Å². The van der Waals surface area contributed by atoms with Gasteiger partial charge in [0.1, 0.15) is 0 Å². The van der Waals surface area contributed by atoms with Gasteiger partial charge >= 0.3 is 6.18 Å². The lowest BCUT2D eigenvalue weighted by atomic mass is 9.58. The third-order valence-electron chi connectivity index (χ3n) is 4.26. The highest BCUT2D eigenvalue weighted by Crippen LogP contribution is 2.49. The quantitative estimate of drug-likeness (QED) is 0.762. The molecule has 1 N–H and O–H groups in total. The van der Waals surface area contributed by atoms with Crippen LogP contribution in [0.1, 0.15) is 46.5 Å². The van der Waals surface area contributed by atoms with E-state index < -0.39 is 12.6 Å². The molecule has 1 rings (SSSR count). The van der Waals surface area contributed by atoms with Gasteiger partial charge in [0, 0.05) is 11.5 Å². The van der Waals surface area contributed by atoms with Gasteiger partial charge in [0.2, 0.25) is 0 Å². The fourth-order valence-electron chi connectivity index (χ4n) is 3.03. The van der Waals surface area contributed by atoms with Crippen LogP contribution in [0.5, 0.6) is 0 Å². The van der Waals surface area contributed by atoms with Gasteiger partial charge in [-0.1, -0.05) is 20.8 Å². The Balaban J connectivity index is 2.47. The van der Waals surface area contributed by atoms with Crippen LogP contribution in [0.15, 0.2) is 0 Å². The average Bonchev–Trinajstić information content (AvgIpc) is 2.27. The molecule has 0 aromatic rings. The fourth-order valence-corrected chi connectivity index (χ4v) is 3.03. The molecule has 0 radical (unpaired) electrons. The number of hydrogen-bond donors (Lipinski definition) is 1. The van der Waals surface area contributed by atoms with Crippen LogP contribution in [-0.2, 0) is 4.74 Å². The first kappa shape index (κ1) is 15.8. The van der Waals surface area contributed by atoms with Gasteiger partial charge in [-0.25, -0.2) is 0 Å². The number of nitrogens with one attached hydrogen (secondary N) is 1. The molecule has 0 bridgehead atoms. The highest BCUT2D eigenvalue weighted by atomic mass is 19.4.